The van der Waals surface area contributed by atoms with Crippen molar-refractivity contribution in [1.82, 2.24) is 4.98 Å². The minimum Gasteiger partial charge on any atom is -0.381 e. The van der Waals surface area contributed by atoms with Gasteiger partial charge in [-0.3, -0.25) is 4.79 Å². The number of nitrogens with one attached hydrogen (secondary N) is 2. The smallest absolute Gasteiger partial charge is 0.228 e. The van der Waals surface area contributed by atoms with Gasteiger partial charge in [0, 0.05) is 24.8 Å². The Morgan fingerprint density at radius 1 is 1.17 bits per heavy atom. The number of aromatic nitrogens is 1. The number of amides is 1. The zero-order chi connectivity index (χ0) is 16.9. The Morgan fingerprint density at radius 2 is 1.96 bits per heavy atom. The SMILES string of the molecule is Cc1ccc(Nc2ccc(NC(=O)C3CCOCC3)nc2)c(C)c1. The summed E-state index contributed by atoms with van der Waals surface area (Å²) >= 11 is 0. The lowest BCUT2D eigenvalue weighted by atomic mass is 9.99. The van der Waals surface area contributed by atoms with Gasteiger partial charge in [-0.15, -0.1) is 0 Å². The molecule has 0 aliphatic carbocycles. The van der Waals surface area contributed by atoms with E-state index in [0.717, 1.165) is 24.2 Å². The van der Waals surface area contributed by atoms with Crippen LogP contribution in [0.5, 0.6) is 0 Å². The number of hydrogen-bond acceptors (Lipinski definition) is 4. The number of nitrogens with zero attached hydrogens (tertiary/aromatic N) is 1. The van der Waals surface area contributed by atoms with Crippen LogP contribution in [0.25, 0.3) is 0 Å². The molecule has 5 heteroatoms. The van der Waals surface area contributed by atoms with E-state index in [0.29, 0.717) is 19.0 Å². The lowest BCUT2D eigenvalue weighted by Crippen LogP contribution is -2.28. The van der Waals surface area contributed by atoms with Crippen molar-refractivity contribution in [3.63, 3.8) is 0 Å². The van der Waals surface area contributed by atoms with E-state index in [-0.39, 0.29) is 11.8 Å². The fourth-order valence-electron chi connectivity index (χ4n) is 2.84. The maximum atomic E-state index is 12.2. The van der Waals surface area contributed by atoms with Crippen LogP contribution in [0, 0.1) is 19.8 Å². The summed E-state index contributed by atoms with van der Waals surface area (Å²) in [5.41, 5.74) is 4.38. The summed E-state index contributed by atoms with van der Waals surface area (Å²) < 4.78 is 5.29. The van der Waals surface area contributed by atoms with E-state index in [9.17, 15) is 4.79 Å². The highest BCUT2D eigenvalue weighted by atomic mass is 16.5. The molecular formula is C19H23N3O2. The van der Waals surface area contributed by atoms with E-state index in [1.807, 2.05) is 12.1 Å². The summed E-state index contributed by atoms with van der Waals surface area (Å²) in [7, 11) is 0. The van der Waals surface area contributed by atoms with Crippen molar-refractivity contribution >= 4 is 23.1 Å². The Hall–Kier alpha value is -2.40. The van der Waals surface area contributed by atoms with Crippen LogP contribution in [-0.2, 0) is 9.53 Å². The second-order valence-electron chi connectivity index (χ2n) is 6.25. The van der Waals surface area contributed by atoms with Crippen LogP contribution in [-0.4, -0.2) is 24.1 Å². The van der Waals surface area contributed by atoms with Crippen LogP contribution in [0.15, 0.2) is 36.5 Å². The number of aryl methyl sites for hydroxylation is 2. The molecule has 126 valence electrons. The number of hydrogen-bond donors (Lipinski definition) is 2. The summed E-state index contributed by atoms with van der Waals surface area (Å²) in [6.45, 7) is 5.47. The molecule has 1 amide bonds. The standard InChI is InChI=1S/C19H23N3O2/c1-13-3-5-17(14(2)11-13)21-16-4-6-18(20-12-16)22-19(23)15-7-9-24-10-8-15/h3-6,11-12,15,21H,7-10H2,1-2H3,(H,20,22,23). The Kier molecular flexibility index (Phi) is 5.11. The van der Waals surface area contributed by atoms with E-state index in [1.54, 1.807) is 6.20 Å². The van der Waals surface area contributed by atoms with Gasteiger partial charge in [0.05, 0.1) is 11.9 Å². The quantitative estimate of drug-likeness (QED) is 0.897. The topological polar surface area (TPSA) is 63.2 Å². The maximum Gasteiger partial charge on any atom is 0.228 e. The van der Waals surface area contributed by atoms with Gasteiger partial charge >= 0.3 is 0 Å². The number of ether oxygens (including phenoxy) is 1. The molecule has 3 rings (SSSR count). The van der Waals surface area contributed by atoms with E-state index < -0.39 is 0 Å². The van der Waals surface area contributed by atoms with Gasteiger partial charge in [0.25, 0.3) is 0 Å². The number of pyridine rings is 1. The summed E-state index contributed by atoms with van der Waals surface area (Å²) in [6, 6.07) is 10.0. The monoisotopic (exact) mass is 325 g/mol. The maximum absolute atomic E-state index is 12.2. The van der Waals surface area contributed by atoms with Crippen LogP contribution in [0.2, 0.25) is 0 Å². The van der Waals surface area contributed by atoms with Crippen LogP contribution in [0.3, 0.4) is 0 Å². The number of carbonyl (C=O) groups is 1. The molecule has 1 aromatic carbocycles. The van der Waals surface area contributed by atoms with Crippen molar-refractivity contribution in [3.05, 3.63) is 47.7 Å². The normalized spacial score (nSPS) is 15.1. The number of anilines is 3. The fourth-order valence-corrected chi connectivity index (χ4v) is 2.84. The van der Waals surface area contributed by atoms with Crippen molar-refractivity contribution in [2.75, 3.05) is 23.8 Å². The van der Waals surface area contributed by atoms with Gasteiger partial charge in [-0.05, 0) is 50.5 Å². The molecule has 0 spiro atoms. The highest BCUT2D eigenvalue weighted by molar-refractivity contribution is 5.91. The van der Waals surface area contributed by atoms with Crippen molar-refractivity contribution < 1.29 is 9.53 Å². The van der Waals surface area contributed by atoms with Gasteiger partial charge < -0.3 is 15.4 Å². The van der Waals surface area contributed by atoms with Gasteiger partial charge in [0.15, 0.2) is 0 Å². The first-order chi connectivity index (χ1) is 11.6. The molecule has 0 saturated carbocycles. The Morgan fingerprint density at radius 3 is 2.62 bits per heavy atom. The highest BCUT2D eigenvalue weighted by Crippen LogP contribution is 2.22. The third kappa shape index (κ3) is 4.11. The van der Waals surface area contributed by atoms with Gasteiger partial charge in [-0.2, -0.15) is 0 Å². The largest absolute Gasteiger partial charge is 0.381 e. The average molecular weight is 325 g/mol. The van der Waals surface area contributed by atoms with E-state index in [4.69, 9.17) is 4.74 Å². The molecule has 0 bridgehead atoms. The zero-order valence-corrected chi connectivity index (χ0v) is 14.1. The Labute approximate surface area is 142 Å². The second-order valence-corrected chi connectivity index (χ2v) is 6.25. The van der Waals surface area contributed by atoms with E-state index in [1.165, 1.54) is 11.1 Å². The Bertz CT molecular complexity index is 707. The molecule has 2 aromatic rings. The molecule has 1 saturated heterocycles. The molecule has 2 N–H and O–H groups in total. The molecule has 1 aliphatic heterocycles. The zero-order valence-electron chi connectivity index (χ0n) is 14.1. The first-order valence-corrected chi connectivity index (χ1v) is 8.31. The summed E-state index contributed by atoms with van der Waals surface area (Å²) in [6.07, 6.45) is 3.29. The second kappa shape index (κ2) is 7.45. The van der Waals surface area contributed by atoms with Gasteiger partial charge in [-0.1, -0.05) is 17.7 Å². The van der Waals surface area contributed by atoms with Crippen molar-refractivity contribution in [2.45, 2.75) is 26.7 Å². The van der Waals surface area contributed by atoms with Gasteiger partial charge in [0.1, 0.15) is 5.82 Å². The predicted octanol–water partition coefficient (Wildman–Crippen LogP) is 3.81. The summed E-state index contributed by atoms with van der Waals surface area (Å²) in [4.78, 5) is 16.5. The van der Waals surface area contributed by atoms with Crippen LogP contribution < -0.4 is 10.6 Å². The molecule has 0 unspecified atom stereocenters. The van der Waals surface area contributed by atoms with Crippen molar-refractivity contribution in [2.24, 2.45) is 5.92 Å². The predicted molar refractivity (Wildman–Crippen MR) is 95.6 cm³/mol. The van der Waals surface area contributed by atoms with Crippen LogP contribution in [0.1, 0.15) is 24.0 Å². The minimum absolute atomic E-state index is 0.0218. The van der Waals surface area contributed by atoms with E-state index >= 15 is 0 Å². The first-order valence-electron chi connectivity index (χ1n) is 8.31. The summed E-state index contributed by atoms with van der Waals surface area (Å²) in [5.74, 6) is 0.632. The molecule has 1 aromatic heterocycles. The van der Waals surface area contributed by atoms with Crippen molar-refractivity contribution in [1.29, 1.82) is 0 Å². The molecule has 1 aliphatic rings. The molecular weight excluding hydrogens is 302 g/mol. The van der Waals surface area contributed by atoms with Crippen molar-refractivity contribution in [3.8, 4) is 0 Å². The fraction of sp³-hybridized carbons (Fsp3) is 0.368. The van der Waals surface area contributed by atoms with Crippen LogP contribution >= 0.6 is 0 Å². The summed E-state index contributed by atoms with van der Waals surface area (Å²) in [5, 5.41) is 6.24. The molecule has 0 atom stereocenters. The molecule has 1 fully saturated rings. The molecule has 0 radical (unpaired) electrons. The van der Waals surface area contributed by atoms with Crippen LogP contribution in [0.4, 0.5) is 17.2 Å². The minimum atomic E-state index is 0.0218. The molecule has 24 heavy (non-hydrogen) atoms. The Balaban J connectivity index is 1.61. The van der Waals surface area contributed by atoms with Gasteiger partial charge in [0.2, 0.25) is 5.91 Å². The third-order valence-electron chi connectivity index (χ3n) is 4.27. The first kappa shape index (κ1) is 16.5. The number of carbonyl (C=O) groups excluding carboxylic acids is 1. The highest BCUT2D eigenvalue weighted by Gasteiger charge is 2.21. The third-order valence-corrected chi connectivity index (χ3v) is 4.27. The molecule has 5 nitrogen and oxygen atoms in total. The lowest BCUT2D eigenvalue weighted by molar-refractivity contribution is -0.122. The molecule has 2 heterocycles. The van der Waals surface area contributed by atoms with Gasteiger partial charge in [-0.25, -0.2) is 4.98 Å². The average Bonchev–Trinajstić information content (AvgIpc) is 2.60. The van der Waals surface area contributed by atoms with E-state index in [2.05, 4.69) is 47.7 Å². The number of benzene rings is 1. The lowest BCUT2D eigenvalue weighted by Gasteiger charge is -2.21. The number of rotatable bonds is 4.